The van der Waals surface area contributed by atoms with Crippen molar-refractivity contribution in [2.75, 3.05) is 0 Å². The van der Waals surface area contributed by atoms with Gasteiger partial charge in [0, 0.05) is 6.42 Å². The molecule has 5 heteroatoms. The first-order valence-corrected chi connectivity index (χ1v) is 13.7. The lowest BCUT2D eigenvalue weighted by Crippen LogP contribution is -2.62. The molecule has 5 aliphatic rings. The van der Waals surface area contributed by atoms with Crippen molar-refractivity contribution in [3.05, 3.63) is 12.5 Å². The molecule has 0 aromatic carbocycles. The molecule has 5 nitrogen and oxygen atoms in total. The van der Waals surface area contributed by atoms with Crippen LogP contribution in [-0.4, -0.2) is 28.3 Å². The molecule has 0 radical (unpaired) electrons. The zero-order valence-corrected chi connectivity index (χ0v) is 21.2. The van der Waals surface area contributed by atoms with Gasteiger partial charge in [0.1, 0.15) is 5.84 Å². The maximum atomic E-state index is 11.8. The number of hydrogen-bond donors (Lipinski definition) is 3. The van der Waals surface area contributed by atoms with E-state index in [9.17, 15) is 10.2 Å². The van der Waals surface area contributed by atoms with Crippen molar-refractivity contribution in [1.82, 2.24) is 5.32 Å². The summed E-state index contributed by atoms with van der Waals surface area (Å²) in [6, 6.07) is 0. The second-order valence-corrected chi connectivity index (χ2v) is 12.8. The van der Waals surface area contributed by atoms with Crippen molar-refractivity contribution < 1.29 is 15.1 Å². The summed E-state index contributed by atoms with van der Waals surface area (Å²) in [6.07, 6.45) is 10.7. The molecular formula is C28H46N2O3. The Hall–Kier alpha value is -1.07. The SMILES string of the molecule is C=C1NC(CC[C@@H](C)C2CCC3C4C(CC[C@@]32C)[C@@]2(C)CC[C@@H](O)C[C@H]2[C@@H](CC)[C@H]4O)=NO1. The molecule has 0 aromatic rings. The topological polar surface area (TPSA) is 74.1 Å². The van der Waals surface area contributed by atoms with Gasteiger partial charge in [-0.3, -0.25) is 0 Å². The van der Waals surface area contributed by atoms with Crippen molar-refractivity contribution in [3.63, 3.8) is 0 Å². The Kier molecular flexibility index (Phi) is 6.13. The molecule has 186 valence electrons. The fourth-order valence-corrected chi connectivity index (χ4v) is 9.92. The monoisotopic (exact) mass is 458 g/mol. The normalized spacial score (nSPS) is 49.9. The van der Waals surface area contributed by atoms with Gasteiger partial charge in [-0.1, -0.05) is 39.3 Å². The number of nitrogens with zero attached hydrogens (tertiary/aromatic N) is 1. The zero-order chi connectivity index (χ0) is 23.5. The van der Waals surface area contributed by atoms with Crippen LogP contribution in [0.4, 0.5) is 0 Å². The Morgan fingerprint density at radius 2 is 1.82 bits per heavy atom. The molecule has 11 atom stereocenters. The number of hydrogen-bond acceptors (Lipinski definition) is 5. The van der Waals surface area contributed by atoms with E-state index in [1.165, 1.54) is 25.7 Å². The van der Waals surface area contributed by atoms with Gasteiger partial charge in [-0.05, 0) is 110 Å². The molecule has 3 N–H and O–H groups in total. The molecule has 0 spiro atoms. The Bertz CT molecular complexity index is 798. The van der Waals surface area contributed by atoms with E-state index in [1.54, 1.807) is 0 Å². The number of oxime groups is 1. The van der Waals surface area contributed by atoms with E-state index in [0.717, 1.165) is 44.4 Å². The Morgan fingerprint density at radius 3 is 2.52 bits per heavy atom. The number of aliphatic hydroxyl groups is 2. The third-order valence-corrected chi connectivity index (χ3v) is 11.5. The zero-order valence-electron chi connectivity index (χ0n) is 21.2. The van der Waals surface area contributed by atoms with E-state index < -0.39 is 0 Å². The van der Waals surface area contributed by atoms with Crippen LogP contribution in [0, 0.1) is 52.3 Å². The van der Waals surface area contributed by atoms with Crippen molar-refractivity contribution in [3.8, 4) is 0 Å². The van der Waals surface area contributed by atoms with Gasteiger partial charge >= 0.3 is 0 Å². The predicted octanol–water partition coefficient (Wildman–Crippen LogP) is 5.43. The third kappa shape index (κ3) is 3.67. The predicted molar refractivity (Wildman–Crippen MR) is 131 cm³/mol. The molecule has 33 heavy (non-hydrogen) atoms. The lowest BCUT2D eigenvalue weighted by Gasteiger charge is -2.64. The van der Waals surface area contributed by atoms with E-state index >= 15 is 0 Å². The van der Waals surface area contributed by atoms with Crippen LogP contribution in [0.2, 0.25) is 0 Å². The summed E-state index contributed by atoms with van der Waals surface area (Å²) < 4.78 is 0. The molecular weight excluding hydrogens is 412 g/mol. The fraction of sp³-hybridized carbons (Fsp3) is 0.893. The highest BCUT2D eigenvalue weighted by Gasteiger charge is 2.64. The first-order chi connectivity index (χ1) is 15.7. The number of aliphatic hydroxyl groups excluding tert-OH is 2. The van der Waals surface area contributed by atoms with E-state index in [1.807, 2.05) is 0 Å². The number of rotatable bonds is 5. The van der Waals surface area contributed by atoms with Gasteiger partial charge in [-0.25, -0.2) is 0 Å². The third-order valence-electron chi connectivity index (χ3n) is 11.5. The van der Waals surface area contributed by atoms with Crippen LogP contribution in [0.3, 0.4) is 0 Å². The van der Waals surface area contributed by atoms with Crippen molar-refractivity contribution >= 4 is 5.84 Å². The number of nitrogens with one attached hydrogen (secondary N) is 1. The Labute approximate surface area is 200 Å². The minimum absolute atomic E-state index is 0.173. The van der Waals surface area contributed by atoms with Crippen LogP contribution in [-0.2, 0) is 4.84 Å². The first kappa shape index (κ1) is 23.7. The second-order valence-electron chi connectivity index (χ2n) is 12.8. The van der Waals surface area contributed by atoms with E-state index in [2.05, 4.69) is 44.7 Å². The maximum absolute atomic E-state index is 11.8. The first-order valence-electron chi connectivity index (χ1n) is 13.7. The average Bonchev–Trinajstić information content (AvgIpc) is 3.36. The molecule has 4 saturated carbocycles. The van der Waals surface area contributed by atoms with Crippen molar-refractivity contribution in [2.24, 2.45) is 57.4 Å². The van der Waals surface area contributed by atoms with Gasteiger partial charge < -0.3 is 20.4 Å². The Balaban J connectivity index is 1.35. The molecule has 0 bridgehead atoms. The standard InChI is InChI=1S/C28H46N2O3/c1-6-19-23-15-18(31)11-13-28(23,5)22-12-14-27(4)20(8-9-21(27)25(22)26(19)32)16(2)7-10-24-29-17(3)33-30-24/h16,18-23,25-26,31-32H,3,6-15H2,1-2,4-5H3,(H,29,30)/t16-,18-,19-,20?,21?,22?,23+,25?,26-,27-,28-/m1/s1. The van der Waals surface area contributed by atoms with Gasteiger partial charge in [0.25, 0.3) is 0 Å². The minimum Gasteiger partial charge on any atom is -0.393 e. The van der Waals surface area contributed by atoms with E-state index in [0.29, 0.717) is 52.7 Å². The molecule has 0 amide bonds. The summed E-state index contributed by atoms with van der Waals surface area (Å²) in [6.45, 7) is 13.6. The lowest BCUT2D eigenvalue weighted by atomic mass is 9.41. The van der Waals surface area contributed by atoms with Crippen LogP contribution in [0.5, 0.6) is 0 Å². The molecule has 0 aromatic heterocycles. The summed E-state index contributed by atoms with van der Waals surface area (Å²) in [5, 5.41) is 29.6. The van der Waals surface area contributed by atoms with Crippen molar-refractivity contribution in [1.29, 1.82) is 0 Å². The molecule has 0 saturated heterocycles. The summed E-state index contributed by atoms with van der Waals surface area (Å²) in [7, 11) is 0. The molecule has 5 rings (SSSR count). The molecule has 1 aliphatic heterocycles. The number of amidine groups is 1. The summed E-state index contributed by atoms with van der Waals surface area (Å²) in [5.74, 6) is 5.25. The Morgan fingerprint density at radius 1 is 1.09 bits per heavy atom. The highest BCUT2D eigenvalue weighted by molar-refractivity contribution is 5.84. The van der Waals surface area contributed by atoms with E-state index in [-0.39, 0.29) is 17.6 Å². The van der Waals surface area contributed by atoms with Gasteiger partial charge in [-0.15, -0.1) is 0 Å². The summed E-state index contributed by atoms with van der Waals surface area (Å²) in [5.41, 5.74) is 0.603. The highest BCUT2D eigenvalue weighted by atomic mass is 16.7. The van der Waals surface area contributed by atoms with Crippen molar-refractivity contribution in [2.45, 2.75) is 104 Å². The summed E-state index contributed by atoms with van der Waals surface area (Å²) in [4.78, 5) is 5.12. The molecule has 4 fully saturated rings. The quantitative estimate of drug-likeness (QED) is 0.513. The van der Waals surface area contributed by atoms with Gasteiger partial charge in [0.15, 0.2) is 0 Å². The average molecular weight is 459 g/mol. The lowest BCUT2D eigenvalue weighted by molar-refractivity contribution is -0.203. The summed E-state index contributed by atoms with van der Waals surface area (Å²) >= 11 is 0. The van der Waals surface area contributed by atoms with E-state index in [4.69, 9.17) is 4.84 Å². The molecule has 4 aliphatic carbocycles. The van der Waals surface area contributed by atoms with Crippen LogP contribution in [0.15, 0.2) is 17.6 Å². The van der Waals surface area contributed by atoms with Gasteiger partial charge in [0.05, 0.1) is 12.2 Å². The largest absolute Gasteiger partial charge is 0.393 e. The second kappa shape index (κ2) is 8.55. The van der Waals surface area contributed by atoms with Crippen LogP contribution in [0.1, 0.15) is 91.9 Å². The van der Waals surface area contributed by atoms with Crippen LogP contribution >= 0.6 is 0 Å². The minimum atomic E-state index is -0.206. The highest BCUT2D eigenvalue weighted by Crippen LogP contribution is 2.69. The number of fused-ring (bicyclic) bond motifs is 5. The van der Waals surface area contributed by atoms with Gasteiger partial charge in [0.2, 0.25) is 5.88 Å². The maximum Gasteiger partial charge on any atom is 0.221 e. The fourth-order valence-electron chi connectivity index (χ4n) is 9.92. The molecule has 1 heterocycles. The molecule has 4 unspecified atom stereocenters. The van der Waals surface area contributed by atoms with Crippen LogP contribution in [0.25, 0.3) is 0 Å². The van der Waals surface area contributed by atoms with Gasteiger partial charge in [-0.2, -0.15) is 0 Å². The van der Waals surface area contributed by atoms with Crippen LogP contribution < -0.4 is 5.32 Å². The smallest absolute Gasteiger partial charge is 0.221 e.